The van der Waals surface area contributed by atoms with Gasteiger partial charge in [0.15, 0.2) is 0 Å². The number of aromatic amines is 1. The van der Waals surface area contributed by atoms with Crippen LogP contribution in [0.5, 0.6) is 0 Å². The number of nitrogens with one attached hydrogen (secondary N) is 1. The van der Waals surface area contributed by atoms with Crippen molar-refractivity contribution in [1.82, 2.24) is 9.55 Å². The summed E-state index contributed by atoms with van der Waals surface area (Å²) < 4.78 is 17.7. The molecule has 1 heterocycles. The second-order valence-electron chi connectivity index (χ2n) is 5.22. The highest BCUT2D eigenvalue weighted by Crippen LogP contribution is 2.37. The maximum atomic E-state index is 11.9. The number of ether oxygens (including phenoxy) is 1. The van der Waals surface area contributed by atoms with E-state index in [9.17, 15) is 14.2 Å². The van der Waals surface area contributed by atoms with E-state index in [4.69, 9.17) is 14.5 Å². The van der Waals surface area contributed by atoms with Crippen LogP contribution < -0.4 is 11.2 Å². The summed E-state index contributed by atoms with van der Waals surface area (Å²) in [5.41, 5.74) is -1.00. The van der Waals surface area contributed by atoms with Crippen molar-refractivity contribution >= 4 is 7.60 Å². The highest BCUT2D eigenvalue weighted by molar-refractivity contribution is 7.51. The Bertz CT molecular complexity index is 633. The van der Waals surface area contributed by atoms with E-state index < -0.39 is 31.3 Å². The highest BCUT2D eigenvalue weighted by Gasteiger charge is 2.28. The Balaban J connectivity index is 2.24. The van der Waals surface area contributed by atoms with Crippen LogP contribution in [0.3, 0.4) is 0 Å². The van der Waals surface area contributed by atoms with E-state index in [2.05, 4.69) is 4.98 Å². The van der Waals surface area contributed by atoms with Gasteiger partial charge >= 0.3 is 13.3 Å². The normalized spacial score (nSPS) is 23.7. The summed E-state index contributed by atoms with van der Waals surface area (Å²) in [4.78, 5) is 43.1. The third kappa shape index (κ3) is 4.64. The number of hydrogen-bond donors (Lipinski definition) is 3. The first kappa shape index (κ1) is 16.2. The molecule has 2 atom stereocenters. The summed E-state index contributed by atoms with van der Waals surface area (Å²) in [5, 5.41) is 0. The minimum atomic E-state index is -4.25. The predicted octanol–water partition coefficient (Wildman–Crippen LogP) is 0.562. The molecule has 21 heavy (non-hydrogen) atoms. The fourth-order valence-electron chi connectivity index (χ4n) is 2.65. The van der Waals surface area contributed by atoms with Gasteiger partial charge in [0.25, 0.3) is 5.56 Å². The lowest BCUT2D eigenvalue weighted by atomic mass is 10.1. The fraction of sp³-hybridized carbons (Fsp3) is 0.667. The second-order valence-corrected chi connectivity index (χ2v) is 6.81. The van der Waals surface area contributed by atoms with Crippen LogP contribution in [0.15, 0.2) is 21.9 Å². The van der Waals surface area contributed by atoms with Gasteiger partial charge in [-0.25, -0.2) is 4.79 Å². The Morgan fingerprint density at radius 3 is 2.67 bits per heavy atom. The van der Waals surface area contributed by atoms with Crippen LogP contribution in [0, 0.1) is 0 Å². The quantitative estimate of drug-likeness (QED) is 0.551. The molecule has 1 aliphatic rings. The van der Waals surface area contributed by atoms with Crippen molar-refractivity contribution in [2.24, 2.45) is 0 Å². The van der Waals surface area contributed by atoms with Crippen LogP contribution in [0.25, 0.3) is 0 Å². The molecule has 1 aromatic rings. The molecule has 3 N–H and O–H groups in total. The van der Waals surface area contributed by atoms with Crippen molar-refractivity contribution < 1.29 is 19.1 Å². The average molecular weight is 318 g/mol. The predicted molar refractivity (Wildman–Crippen MR) is 75.2 cm³/mol. The molecular weight excluding hydrogens is 299 g/mol. The fourth-order valence-corrected chi connectivity index (χ4v) is 3.03. The van der Waals surface area contributed by atoms with Gasteiger partial charge in [-0.2, -0.15) is 0 Å². The number of H-pyrrole nitrogens is 1. The van der Waals surface area contributed by atoms with Crippen LogP contribution in [0.1, 0.15) is 38.1 Å². The third-order valence-electron chi connectivity index (χ3n) is 3.58. The molecule has 0 saturated heterocycles. The lowest BCUT2D eigenvalue weighted by molar-refractivity contribution is 0.0291. The Kier molecular flexibility index (Phi) is 5.16. The summed E-state index contributed by atoms with van der Waals surface area (Å²) in [6, 6.07) is 0.926. The zero-order valence-corrected chi connectivity index (χ0v) is 12.4. The molecule has 0 unspecified atom stereocenters. The standard InChI is InChI=1S/C12H19N2O6P/c15-11-6-7-14(12(16)13-11)9-4-2-1-3-5-10(9)20-8-21(17,18)19/h6-7,9-10H,1-5,8H2,(H,13,15,16)(H2,17,18,19)/t9-,10-/m1/s1. The first-order chi connectivity index (χ1) is 9.87. The topological polar surface area (TPSA) is 122 Å². The van der Waals surface area contributed by atoms with Gasteiger partial charge in [-0.15, -0.1) is 0 Å². The third-order valence-corrected chi connectivity index (χ3v) is 4.07. The molecule has 1 aromatic heterocycles. The molecule has 0 amide bonds. The highest BCUT2D eigenvalue weighted by atomic mass is 31.2. The molecule has 1 saturated carbocycles. The summed E-state index contributed by atoms with van der Waals surface area (Å²) in [7, 11) is -4.25. The molecule has 2 rings (SSSR count). The van der Waals surface area contributed by atoms with Gasteiger partial charge in [0.1, 0.15) is 6.35 Å². The smallest absolute Gasteiger partial charge is 0.350 e. The van der Waals surface area contributed by atoms with Crippen molar-refractivity contribution in [1.29, 1.82) is 0 Å². The molecule has 9 heteroatoms. The monoisotopic (exact) mass is 318 g/mol. The molecule has 0 radical (unpaired) electrons. The van der Waals surface area contributed by atoms with Crippen LogP contribution in [-0.2, 0) is 9.30 Å². The molecule has 1 fully saturated rings. The largest absolute Gasteiger partial charge is 0.363 e. The van der Waals surface area contributed by atoms with E-state index >= 15 is 0 Å². The van der Waals surface area contributed by atoms with Gasteiger partial charge in [0, 0.05) is 12.3 Å². The first-order valence-corrected chi connectivity index (χ1v) is 8.64. The zero-order chi connectivity index (χ0) is 15.5. The first-order valence-electron chi connectivity index (χ1n) is 6.84. The second kappa shape index (κ2) is 6.70. The van der Waals surface area contributed by atoms with Gasteiger partial charge in [0.05, 0.1) is 12.1 Å². The summed E-state index contributed by atoms with van der Waals surface area (Å²) >= 11 is 0. The Morgan fingerprint density at radius 2 is 2.00 bits per heavy atom. The number of rotatable bonds is 4. The molecule has 0 aliphatic heterocycles. The van der Waals surface area contributed by atoms with E-state index in [0.29, 0.717) is 12.8 Å². The van der Waals surface area contributed by atoms with Crippen molar-refractivity contribution in [2.45, 2.75) is 44.2 Å². The van der Waals surface area contributed by atoms with Crippen molar-refractivity contribution in [3.63, 3.8) is 0 Å². The van der Waals surface area contributed by atoms with Crippen LogP contribution in [0.2, 0.25) is 0 Å². The molecule has 0 bridgehead atoms. The molecule has 0 spiro atoms. The van der Waals surface area contributed by atoms with E-state index in [1.807, 2.05) is 0 Å². The van der Waals surface area contributed by atoms with Gasteiger partial charge in [0.2, 0.25) is 0 Å². The van der Waals surface area contributed by atoms with Crippen molar-refractivity contribution in [2.75, 3.05) is 6.35 Å². The summed E-state index contributed by atoms with van der Waals surface area (Å²) in [6.07, 6.45) is 4.32. The van der Waals surface area contributed by atoms with Gasteiger partial charge in [-0.05, 0) is 12.8 Å². The summed E-state index contributed by atoms with van der Waals surface area (Å²) in [5.74, 6) is 0. The zero-order valence-electron chi connectivity index (χ0n) is 11.5. The number of nitrogens with zero attached hydrogens (tertiary/aromatic N) is 1. The maximum Gasteiger partial charge on any atom is 0.350 e. The van der Waals surface area contributed by atoms with Crippen LogP contribution in [0.4, 0.5) is 0 Å². The van der Waals surface area contributed by atoms with Crippen molar-refractivity contribution in [3.05, 3.63) is 33.1 Å². The molecule has 0 aromatic carbocycles. The van der Waals surface area contributed by atoms with E-state index in [1.54, 1.807) is 0 Å². The SMILES string of the molecule is O=c1ccn([C@@H]2CCCCC[C@H]2OCP(=O)(O)O)c(=O)[nH]1. The minimum Gasteiger partial charge on any atom is -0.363 e. The minimum absolute atomic E-state index is 0.330. The van der Waals surface area contributed by atoms with E-state index in [-0.39, 0.29) is 6.04 Å². The van der Waals surface area contributed by atoms with Crippen molar-refractivity contribution in [3.8, 4) is 0 Å². The lowest BCUT2D eigenvalue weighted by Crippen LogP contribution is -2.37. The van der Waals surface area contributed by atoms with Gasteiger partial charge in [-0.1, -0.05) is 19.3 Å². The molecule has 8 nitrogen and oxygen atoms in total. The number of aromatic nitrogens is 2. The van der Waals surface area contributed by atoms with Gasteiger partial charge in [-0.3, -0.25) is 18.9 Å². The summed E-state index contributed by atoms with van der Waals surface area (Å²) in [6.45, 7) is 0. The van der Waals surface area contributed by atoms with Gasteiger partial charge < -0.3 is 14.5 Å². The van der Waals surface area contributed by atoms with Crippen LogP contribution >= 0.6 is 7.60 Å². The molecule has 1 aliphatic carbocycles. The number of hydrogen-bond acceptors (Lipinski definition) is 4. The van der Waals surface area contributed by atoms with E-state index in [0.717, 1.165) is 19.3 Å². The molecular formula is C12H19N2O6P. The Hall–Kier alpha value is -1.21. The van der Waals surface area contributed by atoms with Crippen LogP contribution in [-0.4, -0.2) is 31.8 Å². The maximum absolute atomic E-state index is 11.9. The Morgan fingerprint density at radius 1 is 1.29 bits per heavy atom. The average Bonchev–Trinajstić information content (AvgIpc) is 2.61. The lowest BCUT2D eigenvalue weighted by Gasteiger charge is -2.27. The Labute approximate surface area is 120 Å². The molecule has 118 valence electrons. The van der Waals surface area contributed by atoms with E-state index in [1.165, 1.54) is 16.8 Å².